The van der Waals surface area contributed by atoms with E-state index in [0.29, 0.717) is 16.8 Å². The number of anilines is 1. The Morgan fingerprint density at radius 3 is 2.48 bits per heavy atom. The number of nitrogens with one attached hydrogen (secondary N) is 2. The molecular formula is C23H25F3N2O3. The molecule has 0 heterocycles. The minimum atomic E-state index is -4.42. The van der Waals surface area contributed by atoms with Crippen LogP contribution in [0.15, 0.2) is 48.5 Å². The highest BCUT2D eigenvalue weighted by Crippen LogP contribution is 2.25. The summed E-state index contributed by atoms with van der Waals surface area (Å²) in [6, 6.07) is 12.8. The zero-order valence-corrected chi connectivity index (χ0v) is 17.0. The number of hydrogen-bond acceptors (Lipinski definition) is 3. The molecule has 2 amide bonds. The van der Waals surface area contributed by atoms with E-state index in [1.165, 1.54) is 12.1 Å². The second-order valence-corrected chi connectivity index (χ2v) is 7.64. The summed E-state index contributed by atoms with van der Waals surface area (Å²) in [6.45, 7) is -1.25. The molecule has 1 saturated carbocycles. The van der Waals surface area contributed by atoms with Crippen molar-refractivity contribution >= 4 is 17.5 Å². The standard InChI is InChI=1S/C23H25F3N2O3/c24-23(25,26)15-31-20-11-4-6-16(12-20)14-27-21(29)18-9-5-10-19(13-18)28-22(30)17-7-2-1-3-8-17/h4-6,9-13,17H,1-3,7-8,14-15H2,(H,27,29)(H,28,30). The van der Waals surface area contributed by atoms with Gasteiger partial charge in [0.2, 0.25) is 5.91 Å². The second-order valence-electron chi connectivity index (χ2n) is 7.64. The van der Waals surface area contributed by atoms with Gasteiger partial charge < -0.3 is 15.4 Å². The van der Waals surface area contributed by atoms with Crippen molar-refractivity contribution in [1.82, 2.24) is 5.32 Å². The molecule has 1 aliphatic carbocycles. The molecule has 0 bridgehead atoms. The Morgan fingerprint density at radius 2 is 1.74 bits per heavy atom. The number of ether oxygens (including phenoxy) is 1. The normalized spacial score (nSPS) is 14.7. The van der Waals surface area contributed by atoms with Gasteiger partial charge in [0.25, 0.3) is 5.91 Å². The Morgan fingerprint density at radius 1 is 1.00 bits per heavy atom. The van der Waals surface area contributed by atoms with Gasteiger partial charge in [-0.15, -0.1) is 0 Å². The highest BCUT2D eigenvalue weighted by molar-refractivity contribution is 5.97. The summed E-state index contributed by atoms with van der Waals surface area (Å²) in [7, 11) is 0. The van der Waals surface area contributed by atoms with Crippen LogP contribution in [0.3, 0.4) is 0 Å². The third kappa shape index (κ3) is 7.31. The molecule has 31 heavy (non-hydrogen) atoms. The number of carbonyl (C=O) groups excluding carboxylic acids is 2. The van der Waals surface area contributed by atoms with Gasteiger partial charge >= 0.3 is 6.18 Å². The number of amides is 2. The van der Waals surface area contributed by atoms with Crippen molar-refractivity contribution in [3.8, 4) is 5.75 Å². The minimum Gasteiger partial charge on any atom is -0.484 e. The second kappa shape index (κ2) is 10.3. The average molecular weight is 434 g/mol. The van der Waals surface area contributed by atoms with E-state index in [1.807, 2.05) is 0 Å². The maximum atomic E-state index is 12.5. The number of halogens is 3. The fourth-order valence-electron chi connectivity index (χ4n) is 3.54. The first kappa shape index (κ1) is 22.7. The molecule has 0 saturated heterocycles. The topological polar surface area (TPSA) is 67.4 Å². The summed E-state index contributed by atoms with van der Waals surface area (Å²) in [4.78, 5) is 24.9. The maximum absolute atomic E-state index is 12.5. The van der Waals surface area contributed by atoms with Crippen LogP contribution in [-0.4, -0.2) is 24.6 Å². The first-order chi connectivity index (χ1) is 14.8. The lowest BCUT2D eigenvalue weighted by molar-refractivity contribution is -0.153. The lowest BCUT2D eigenvalue weighted by atomic mass is 9.88. The van der Waals surface area contributed by atoms with E-state index in [9.17, 15) is 22.8 Å². The Labute approximate surface area is 179 Å². The van der Waals surface area contributed by atoms with Crippen LogP contribution >= 0.6 is 0 Å². The Kier molecular flexibility index (Phi) is 7.55. The van der Waals surface area contributed by atoms with Gasteiger partial charge in [0.05, 0.1) is 0 Å². The number of benzene rings is 2. The highest BCUT2D eigenvalue weighted by Gasteiger charge is 2.28. The van der Waals surface area contributed by atoms with Crippen LogP contribution in [0.1, 0.15) is 48.0 Å². The molecular weight excluding hydrogens is 409 g/mol. The predicted octanol–water partition coefficient (Wildman–Crippen LogP) is 5.08. The van der Waals surface area contributed by atoms with Crippen LogP contribution in [0.25, 0.3) is 0 Å². The van der Waals surface area contributed by atoms with E-state index < -0.39 is 12.8 Å². The third-order valence-electron chi connectivity index (χ3n) is 5.12. The highest BCUT2D eigenvalue weighted by atomic mass is 19.4. The van der Waals surface area contributed by atoms with Gasteiger partial charge in [-0.25, -0.2) is 0 Å². The van der Waals surface area contributed by atoms with Gasteiger partial charge in [-0.2, -0.15) is 13.2 Å². The van der Waals surface area contributed by atoms with Crippen LogP contribution in [0.5, 0.6) is 5.75 Å². The molecule has 8 heteroatoms. The summed E-state index contributed by atoms with van der Waals surface area (Å²) in [6.07, 6.45) is 0.639. The molecule has 0 spiro atoms. The lowest BCUT2D eigenvalue weighted by Crippen LogP contribution is -2.25. The molecule has 0 aliphatic heterocycles. The molecule has 0 atom stereocenters. The van der Waals surface area contributed by atoms with Gasteiger partial charge in [-0.05, 0) is 48.7 Å². The van der Waals surface area contributed by atoms with Crippen molar-refractivity contribution in [2.45, 2.75) is 44.8 Å². The Balaban J connectivity index is 1.55. The van der Waals surface area contributed by atoms with Gasteiger partial charge in [0.1, 0.15) is 5.75 Å². The van der Waals surface area contributed by atoms with Gasteiger partial charge in [0.15, 0.2) is 6.61 Å². The molecule has 2 N–H and O–H groups in total. The van der Waals surface area contributed by atoms with Gasteiger partial charge in [0, 0.05) is 23.7 Å². The van der Waals surface area contributed by atoms with Crippen molar-refractivity contribution in [2.75, 3.05) is 11.9 Å². The number of alkyl halides is 3. The van der Waals surface area contributed by atoms with E-state index in [-0.39, 0.29) is 30.0 Å². The molecule has 5 nitrogen and oxygen atoms in total. The van der Waals surface area contributed by atoms with Crippen LogP contribution in [-0.2, 0) is 11.3 Å². The summed E-state index contributed by atoms with van der Waals surface area (Å²) >= 11 is 0. The zero-order chi connectivity index (χ0) is 22.3. The quantitative estimate of drug-likeness (QED) is 0.639. The number of rotatable bonds is 7. The smallest absolute Gasteiger partial charge is 0.422 e. The van der Waals surface area contributed by atoms with Crippen molar-refractivity contribution < 1.29 is 27.5 Å². The predicted molar refractivity (Wildman–Crippen MR) is 111 cm³/mol. The van der Waals surface area contributed by atoms with E-state index >= 15 is 0 Å². The van der Waals surface area contributed by atoms with Gasteiger partial charge in [-0.3, -0.25) is 9.59 Å². The first-order valence-corrected chi connectivity index (χ1v) is 10.3. The van der Waals surface area contributed by atoms with Crippen LogP contribution in [0.4, 0.5) is 18.9 Å². The SMILES string of the molecule is O=C(NCc1cccc(OCC(F)(F)F)c1)c1cccc(NC(=O)C2CCCCC2)c1. The van der Waals surface area contributed by atoms with Gasteiger partial charge in [-0.1, -0.05) is 37.5 Å². The molecule has 166 valence electrons. The zero-order valence-electron chi connectivity index (χ0n) is 17.0. The molecule has 2 aromatic carbocycles. The maximum Gasteiger partial charge on any atom is 0.422 e. The monoisotopic (exact) mass is 434 g/mol. The Hall–Kier alpha value is -3.03. The molecule has 2 aromatic rings. The van der Waals surface area contributed by atoms with Crippen molar-refractivity contribution in [3.63, 3.8) is 0 Å². The lowest BCUT2D eigenvalue weighted by Gasteiger charge is -2.20. The van der Waals surface area contributed by atoms with Crippen molar-refractivity contribution in [1.29, 1.82) is 0 Å². The van der Waals surface area contributed by atoms with Crippen molar-refractivity contribution in [2.24, 2.45) is 5.92 Å². The van der Waals surface area contributed by atoms with E-state index in [1.54, 1.807) is 36.4 Å². The molecule has 3 rings (SSSR count). The Bertz CT molecular complexity index is 909. The van der Waals surface area contributed by atoms with E-state index in [4.69, 9.17) is 4.74 Å². The summed E-state index contributed by atoms with van der Waals surface area (Å²) in [5, 5.41) is 5.62. The van der Waals surface area contributed by atoms with Crippen LogP contribution in [0.2, 0.25) is 0 Å². The molecule has 1 fully saturated rings. The molecule has 1 aliphatic rings. The molecule has 0 radical (unpaired) electrons. The van der Waals surface area contributed by atoms with Crippen molar-refractivity contribution in [3.05, 3.63) is 59.7 Å². The number of hydrogen-bond donors (Lipinski definition) is 2. The van der Waals surface area contributed by atoms with E-state index in [0.717, 1.165) is 32.1 Å². The third-order valence-corrected chi connectivity index (χ3v) is 5.12. The summed E-state index contributed by atoms with van der Waals surface area (Å²) in [5.74, 6) is -0.280. The number of carbonyl (C=O) groups is 2. The van der Waals surface area contributed by atoms with E-state index in [2.05, 4.69) is 10.6 Å². The largest absolute Gasteiger partial charge is 0.484 e. The fraction of sp³-hybridized carbons (Fsp3) is 0.391. The average Bonchev–Trinajstić information content (AvgIpc) is 2.76. The first-order valence-electron chi connectivity index (χ1n) is 10.3. The fourth-order valence-corrected chi connectivity index (χ4v) is 3.54. The summed E-state index contributed by atoms with van der Waals surface area (Å²) in [5.41, 5.74) is 1.55. The molecule has 0 aromatic heterocycles. The van der Waals surface area contributed by atoms with Crippen LogP contribution < -0.4 is 15.4 Å². The summed E-state index contributed by atoms with van der Waals surface area (Å²) < 4.78 is 41.6. The minimum absolute atomic E-state index is 0.0121. The van der Waals surface area contributed by atoms with Crippen LogP contribution in [0, 0.1) is 5.92 Å². The molecule has 0 unspecified atom stereocenters.